The van der Waals surface area contributed by atoms with Gasteiger partial charge in [-0.15, -0.1) is 0 Å². The third kappa shape index (κ3) is 3.76. The molecule has 1 aromatic carbocycles. The molecule has 0 heterocycles. The van der Waals surface area contributed by atoms with Crippen LogP contribution in [0.25, 0.3) is 0 Å². The molecule has 0 N–H and O–H groups in total. The van der Waals surface area contributed by atoms with Gasteiger partial charge < -0.3 is 0 Å². The van der Waals surface area contributed by atoms with E-state index in [0.717, 1.165) is 18.4 Å². The molecule has 0 saturated heterocycles. The highest BCUT2D eigenvalue weighted by Gasteiger charge is 2.09. The summed E-state index contributed by atoms with van der Waals surface area (Å²) in [6.45, 7) is 6.07. The minimum Gasteiger partial charge on any atom is -0.294 e. The van der Waals surface area contributed by atoms with Gasteiger partial charge in [0.2, 0.25) is 0 Å². The molecule has 0 aliphatic rings. The predicted molar refractivity (Wildman–Crippen MR) is 64.2 cm³/mol. The summed E-state index contributed by atoms with van der Waals surface area (Å²) < 4.78 is 12.9. The van der Waals surface area contributed by atoms with Crippen LogP contribution < -0.4 is 0 Å². The van der Waals surface area contributed by atoms with Crippen LogP contribution in [0.3, 0.4) is 0 Å². The minimum atomic E-state index is -0.281. The fourth-order valence-electron chi connectivity index (χ4n) is 1.75. The molecule has 0 amide bonds. The fraction of sp³-hybridized carbons (Fsp3) is 0.500. The maximum Gasteiger partial charge on any atom is 0.163 e. The molecule has 0 atom stereocenters. The third-order valence-electron chi connectivity index (χ3n) is 2.67. The first-order valence-electron chi connectivity index (χ1n) is 5.80. The van der Waals surface area contributed by atoms with Gasteiger partial charge in [0.05, 0.1) is 0 Å². The van der Waals surface area contributed by atoms with Crippen LogP contribution in [0, 0.1) is 18.7 Å². The van der Waals surface area contributed by atoms with Crippen LogP contribution >= 0.6 is 0 Å². The van der Waals surface area contributed by atoms with E-state index in [0.29, 0.717) is 17.9 Å². The number of rotatable bonds is 5. The highest BCUT2D eigenvalue weighted by Crippen LogP contribution is 2.15. The highest BCUT2D eigenvalue weighted by atomic mass is 19.1. The number of ketones is 1. The second-order valence-electron chi connectivity index (χ2n) is 4.67. The van der Waals surface area contributed by atoms with E-state index in [1.807, 2.05) is 0 Å². The molecule has 0 aromatic heterocycles. The molecule has 0 unspecified atom stereocenters. The Balaban J connectivity index is 2.59. The average Bonchev–Trinajstić information content (AvgIpc) is 2.16. The summed E-state index contributed by atoms with van der Waals surface area (Å²) in [5.74, 6) is 0.469. The van der Waals surface area contributed by atoms with Crippen molar-refractivity contribution >= 4 is 5.78 Å². The number of halogens is 1. The van der Waals surface area contributed by atoms with E-state index in [1.165, 1.54) is 12.1 Å². The van der Waals surface area contributed by atoms with Crippen molar-refractivity contribution in [3.63, 3.8) is 0 Å². The van der Waals surface area contributed by atoms with Crippen molar-refractivity contribution in [2.75, 3.05) is 0 Å². The Bertz CT molecular complexity index is 369. The molecule has 88 valence electrons. The fourth-order valence-corrected chi connectivity index (χ4v) is 1.75. The molecule has 0 aliphatic carbocycles. The summed E-state index contributed by atoms with van der Waals surface area (Å²) in [6.07, 6.45) is 2.53. The lowest BCUT2D eigenvalue weighted by molar-refractivity contribution is 0.0977. The third-order valence-corrected chi connectivity index (χ3v) is 2.67. The van der Waals surface area contributed by atoms with E-state index in [-0.39, 0.29) is 11.6 Å². The van der Waals surface area contributed by atoms with Gasteiger partial charge in [-0.05, 0) is 43.0 Å². The number of carbonyl (C=O) groups excluding carboxylic acids is 1. The summed E-state index contributed by atoms with van der Waals surface area (Å²) in [7, 11) is 0. The molecular formula is C14H19FO. The van der Waals surface area contributed by atoms with Gasteiger partial charge in [-0.1, -0.05) is 20.3 Å². The summed E-state index contributed by atoms with van der Waals surface area (Å²) in [4.78, 5) is 11.8. The van der Waals surface area contributed by atoms with Gasteiger partial charge >= 0.3 is 0 Å². The molecule has 0 saturated carbocycles. The van der Waals surface area contributed by atoms with Crippen molar-refractivity contribution in [3.05, 3.63) is 35.1 Å². The highest BCUT2D eigenvalue weighted by molar-refractivity contribution is 5.97. The number of benzene rings is 1. The molecule has 1 rings (SSSR count). The lowest BCUT2D eigenvalue weighted by atomic mass is 9.98. The minimum absolute atomic E-state index is 0.123. The molecular weight excluding hydrogens is 203 g/mol. The first-order valence-corrected chi connectivity index (χ1v) is 5.80. The van der Waals surface area contributed by atoms with E-state index in [1.54, 1.807) is 13.0 Å². The summed E-state index contributed by atoms with van der Waals surface area (Å²) >= 11 is 0. The van der Waals surface area contributed by atoms with Gasteiger partial charge in [0.15, 0.2) is 5.78 Å². The van der Waals surface area contributed by atoms with Crippen LogP contribution in [-0.4, -0.2) is 5.78 Å². The predicted octanol–water partition coefficient (Wildman–Crippen LogP) is 4.14. The molecule has 0 aliphatic heterocycles. The maximum absolute atomic E-state index is 12.9. The molecule has 16 heavy (non-hydrogen) atoms. The van der Waals surface area contributed by atoms with Crippen molar-refractivity contribution in [2.24, 2.45) is 5.92 Å². The SMILES string of the molecule is Cc1cc(F)ccc1C(=O)CCCC(C)C. The molecule has 0 bridgehead atoms. The van der Waals surface area contributed by atoms with Gasteiger partial charge in [0.1, 0.15) is 5.82 Å². The Morgan fingerprint density at radius 1 is 1.38 bits per heavy atom. The van der Waals surface area contributed by atoms with E-state index in [2.05, 4.69) is 13.8 Å². The topological polar surface area (TPSA) is 17.1 Å². The largest absolute Gasteiger partial charge is 0.294 e. The molecule has 0 radical (unpaired) electrons. The number of Topliss-reactive ketones (excluding diaryl/α,β-unsaturated/α-hetero) is 1. The lowest BCUT2D eigenvalue weighted by Gasteiger charge is -2.06. The normalized spacial score (nSPS) is 10.8. The van der Waals surface area contributed by atoms with E-state index < -0.39 is 0 Å². The van der Waals surface area contributed by atoms with Crippen molar-refractivity contribution in [1.82, 2.24) is 0 Å². The first-order chi connectivity index (χ1) is 7.50. The standard InChI is InChI=1S/C14H19FO/c1-10(2)5-4-6-14(16)13-8-7-12(15)9-11(13)3/h7-10H,4-6H2,1-3H3. The molecule has 0 spiro atoms. The molecule has 0 fully saturated rings. The Morgan fingerprint density at radius 2 is 2.06 bits per heavy atom. The zero-order chi connectivity index (χ0) is 12.1. The smallest absolute Gasteiger partial charge is 0.163 e. The summed E-state index contributed by atoms with van der Waals surface area (Å²) in [5.41, 5.74) is 1.39. The zero-order valence-electron chi connectivity index (χ0n) is 10.2. The molecule has 1 nitrogen and oxygen atoms in total. The number of aryl methyl sites for hydroxylation is 1. The quantitative estimate of drug-likeness (QED) is 0.684. The van der Waals surface area contributed by atoms with Gasteiger partial charge in [0, 0.05) is 12.0 Å². The number of hydrogen-bond acceptors (Lipinski definition) is 1. The second-order valence-corrected chi connectivity index (χ2v) is 4.67. The van der Waals surface area contributed by atoms with Crippen molar-refractivity contribution in [1.29, 1.82) is 0 Å². The molecule has 1 aromatic rings. The van der Waals surface area contributed by atoms with Gasteiger partial charge in [-0.2, -0.15) is 0 Å². The Labute approximate surface area is 96.7 Å². The van der Waals surface area contributed by atoms with E-state index in [9.17, 15) is 9.18 Å². The lowest BCUT2D eigenvalue weighted by Crippen LogP contribution is -2.03. The van der Waals surface area contributed by atoms with Crippen molar-refractivity contribution < 1.29 is 9.18 Å². The van der Waals surface area contributed by atoms with Crippen LogP contribution in [0.5, 0.6) is 0 Å². The Morgan fingerprint density at radius 3 is 2.62 bits per heavy atom. The monoisotopic (exact) mass is 222 g/mol. The van der Waals surface area contributed by atoms with Gasteiger partial charge in [0.25, 0.3) is 0 Å². The van der Waals surface area contributed by atoms with Gasteiger partial charge in [-0.25, -0.2) is 4.39 Å². The van der Waals surface area contributed by atoms with Crippen molar-refractivity contribution in [2.45, 2.75) is 40.0 Å². The van der Waals surface area contributed by atoms with Crippen LogP contribution in [0.2, 0.25) is 0 Å². The van der Waals surface area contributed by atoms with Crippen LogP contribution in [-0.2, 0) is 0 Å². The first kappa shape index (κ1) is 12.9. The summed E-state index contributed by atoms with van der Waals surface area (Å²) in [6, 6.07) is 4.35. The average molecular weight is 222 g/mol. The number of hydrogen-bond donors (Lipinski definition) is 0. The van der Waals surface area contributed by atoms with E-state index in [4.69, 9.17) is 0 Å². The van der Waals surface area contributed by atoms with Crippen LogP contribution in [0.4, 0.5) is 4.39 Å². The number of carbonyl (C=O) groups is 1. The van der Waals surface area contributed by atoms with E-state index >= 15 is 0 Å². The maximum atomic E-state index is 12.9. The van der Waals surface area contributed by atoms with Crippen LogP contribution in [0.1, 0.15) is 49.0 Å². The molecule has 2 heteroatoms. The van der Waals surface area contributed by atoms with Gasteiger partial charge in [-0.3, -0.25) is 4.79 Å². The zero-order valence-corrected chi connectivity index (χ0v) is 10.2. The summed E-state index contributed by atoms with van der Waals surface area (Å²) in [5, 5.41) is 0. The second kappa shape index (κ2) is 5.78. The Kier molecular flexibility index (Phi) is 4.66. The Hall–Kier alpha value is -1.18. The van der Waals surface area contributed by atoms with Crippen molar-refractivity contribution in [3.8, 4) is 0 Å². The van der Waals surface area contributed by atoms with Crippen LogP contribution in [0.15, 0.2) is 18.2 Å².